The van der Waals surface area contributed by atoms with Crippen molar-refractivity contribution in [1.82, 2.24) is 5.32 Å². The van der Waals surface area contributed by atoms with Gasteiger partial charge in [0, 0.05) is 6.42 Å². The lowest BCUT2D eigenvalue weighted by atomic mass is 10.1. The number of carboxylic acids is 2. The molecular formula is C14H17NO6. The number of benzene rings is 1. The van der Waals surface area contributed by atoms with Gasteiger partial charge < -0.3 is 20.3 Å². The Kier molecular flexibility index (Phi) is 6.19. The lowest BCUT2D eigenvalue weighted by molar-refractivity contribution is -0.144. The van der Waals surface area contributed by atoms with Crippen molar-refractivity contribution in [3.63, 3.8) is 0 Å². The van der Waals surface area contributed by atoms with Crippen molar-refractivity contribution in [2.75, 3.05) is 0 Å². The number of hydrogen-bond acceptors (Lipinski definition) is 4. The molecule has 7 nitrogen and oxygen atoms in total. The smallest absolute Gasteiger partial charge is 0.326 e. The Labute approximate surface area is 121 Å². The van der Waals surface area contributed by atoms with Crippen LogP contribution < -0.4 is 10.1 Å². The molecule has 0 heterocycles. The zero-order valence-electron chi connectivity index (χ0n) is 11.5. The second kappa shape index (κ2) is 7.88. The first-order valence-corrected chi connectivity index (χ1v) is 6.37. The number of hydrogen-bond donors (Lipinski definition) is 3. The van der Waals surface area contributed by atoms with Gasteiger partial charge in [0.25, 0.3) is 5.91 Å². The van der Waals surface area contributed by atoms with Crippen LogP contribution in [-0.4, -0.2) is 40.2 Å². The third-order valence-corrected chi connectivity index (χ3v) is 2.69. The van der Waals surface area contributed by atoms with Crippen LogP contribution in [0.4, 0.5) is 0 Å². The Morgan fingerprint density at radius 2 is 1.81 bits per heavy atom. The highest BCUT2D eigenvalue weighted by Gasteiger charge is 2.24. The summed E-state index contributed by atoms with van der Waals surface area (Å²) in [5.74, 6) is -2.53. The van der Waals surface area contributed by atoms with Gasteiger partial charge in [0.05, 0.1) is 0 Å². The lowest BCUT2D eigenvalue weighted by Crippen LogP contribution is -2.46. The summed E-state index contributed by atoms with van der Waals surface area (Å²) < 4.78 is 5.36. The molecular weight excluding hydrogens is 278 g/mol. The van der Waals surface area contributed by atoms with E-state index in [4.69, 9.17) is 14.9 Å². The number of ether oxygens (including phenoxy) is 1. The molecule has 21 heavy (non-hydrogen) atoms. The summed E-state index contributed by atoms with van der Waals surface area (Å²) in [6, 6.07) is 7.37. The van der Waals surface area contributed by atoms with Crippen molar-refractivity contribution >= 4 is 17.8 Å². The highest BCUT2D eigenvalue weighted by molar-refractivity contribution is 5.86. The lowest BCUT2D eigenvalue weighted by Gasteiger charge is -2.18. The quantitative estimate of drug-likeness (QED) is 0.656. The van der Waals surface area contributed by atoms with Crippen molar-refractivity contribution in [2.45, 2.75) is 31.9 Å². The summed E-state index contributed by atoms with van der Waals surface area (Å²) in [6.45, 7) is 1.48. The van der Waals surface area contributed by atoms with Gasteiger partial charge in [0.15, 0.2) is 6.10 Å². The average molecular weight is 295 g/mol. The Morgan fingerprint density at radius 1 is 1.19 bits per heavy atom. The summed E-state index contributed by atoms with van der Waals surface area (Å²) in [6.07, 6.45) is -1.42. The second-order valence-corrected chi connectivity index (χ2v) is 4.40. The van der Waals surface area contributed by atoms with Crippen LogP contribution in [0.15, 0.2) is 30.3 Å². The van der Waals surface area contributed by atoms with Gasteiger partial charge in [-0.1, -0.05) is 18.2 Å². The molecule has 0 bridgehead atoms. The number of aliphatic carboxylic acids is 2. The molecule has 0 fully saturated rings. The number of carboxylic acid groups (broad SMARTS) is 2. The van der Waals surface area contributed by atoms with Crippen molar-refractivity contribution in [3.05, 3.63) is 30.3 Å². The van der Waals surface area contributed by atoms with E-state index in [-0.39, 0.29) is 12.8 Å². The van der Waals surface area contributed by atoms with E-state index in [1.807, 2.05) is 0 Å². The number of nitrogens with one attached hydrogen (secondary N) is 1. The predicted octanol–water partition coefficient (Wildman–Crippen LogP) is 0.888. The van der Waals surface area contributed by atoms with Gasteiger partial charge in [-0.3, -0.25) is 9.59 Å². The van der Waals surface area contributed by atoms with Crippen LogP contribution in [0.1, 0.15) is 19.8 Å². The largest absolute Gasteiger partial charge is 0.481 e. The number of rotatable bonds is 8. The highest BCUT2D eigenvalue weighted by Crippen LogP contribution is 2.11. The fourth-order valence-electron chi connectivity index (χ4n) is 1.57. The predicted molar refractivity (Wildman–Crippen MR) is 73.0 cm³/mol. The molecule has 0 aliphatic carbocycles. The van der Waals surface area contributed by atoms with E-state index >= 15 is 0 Å². The summed E-state index contributed by atoms with van der Waals surface area (Å²) in [5, 5.41) is 19.8. The van der Waals surface area contributed by atoms with Crippen molar-refractivity contribution < 1.29 is 29.3 Å². The van der Waals surface area contributed by atoms with Crippen LogP contribution in [-0.2, 0) is 14.4 Å². The fraction of sp³-hybridized carbons (Fsp3) is 0.357. The van der Waals surface area contributed by atoms with E-state index < -0.39 is 30.0 Å². The Bertz CT molecular complexity index is 501. The van der Waals surface area contributed by atoms with Gasteiger partial charge in [-0.15, -0.1) is 0 Å². The molecule has 0 spiro atoms. The third-order valence-electron chi connectivity index (χ3n) is 2.69. The molecule has 1 rings (SSSR count). The molecule has 3 N–H and O–H groups in total. The first-order valence-electron chi connectivity index (χ1n) is 6.37. The Morgan fingerprint density at radius 3 is 2.33 bits per heavy atom. The SMILES string of the molecule is CC(Oc1ccccc1)C(=O)NC(CCC(=O)O)C(=O)O. The van der Waals surface area contributed by atoms with Crippen LogP contribution in [0.2, 0.25) is 0 Å². The van der Waals surface area contributed by atoms with E-state index in [9.17, 15) is 14.4 Å². The van der Waals surface area contributed by atoms with Gasteiger partial charge in [0.1, 0.15) is 11.8 Å². The molecule has 0 aliphatic rings. The van der Waals surface area contributed by atoms with Crippen molar-refractivity contribution in [1.29, 1.82) is 0 Å². The third kappa shape index (κ3) is 5.94. The van der Waals surface area contributed by atoms with Gasteiger partial charge in [-0.2, -0.15) is 0 Å². The molecule has 1 aromatic carbocycles. The maximum absolute atomic E-state index is 11.9. The average Bonchev–Trinajstić information content (AvgIpc) is 2.43. The van der Waals surface area contributed by atoms with Gasteiger partial charge in [-0.05, 0) is 25.5 Å². The van der Waals surface area contributed by atoms with E-state index in [0.717, 1.165) is 0 Å². The minimum absolute atomic E-state index is 0.186. The van der Waals surface area contributed by atoms with Crippen LogP contribution in [0.3, 0.4) is 0 Å². The second-order valence-electron chi connectivity index (χ2n) is 4.40. The number of para-hydroxylation sites is 1. The highest BCUT2D eigenvalue weighted by atomic mass is 16.5. The van der Waals surface area contributed by atoms with E-state index in [1.165, 1.54) is 6.92 Å². The fourth-order valence-corrected chi connectivity index (χ4v) is 1.57. The first-order chi connectivity index (χ1) is 9.90. The zero-order valence-corrected chi connectivity index (χ0v) is 11.5. The summed E-state index contributed by atoms with van der Waals surface area (Å²) >= 11 is 0. The number of amides is 1. The zero-order chi connectivity index (χ0) is 15.8. The van der Waals surface area contributed by atoms with Crippen molar-refractivity contribution in [3.8, 4) is 5.75 Å². The van der Waals surface area contributed by atoms with E-state index in [0.29, 0.717) is 5.75 Å². The van der Waals surface area contributed by atoms with Gasteiger partial charge >= 0.3 is 11.9 Å². The monoisotopic (exact) mass is 295 g/mol. The van der Waals surface area contributed by atoms with Crippen molar-refractivity contribution in [2.24, 2.45) is 0 Å². The Balaban J connectivity index is 2.56. The molecule has 2 atom stereocenters. The molecule has 0 saturated heterocycles. The van der Waals surface area contributed by atoms with Crippen LogP contribution in [0.5, 0.6) is 5.75 Å². The minimum Gasteiger partial charge on any atom is -0.481 e. The van der Waals surface area contributed by atoms with Crippen LogP contribution >= 0.6 is 0 Å². The van der Waals surface area contributed by atoms with Crippen LogP contribution in [0.25, 0.3) is 0 Å². The van der Waals surface area contributed by atoms with E-state index in [1.54, 1.807) is 30.3 Å². The number of carbonyl (C=O) groups excluding carboxylic acids is 1. The molecule has 0 aromatic heterocycles. The maximum Gasteiger partial charge on any atom is 0.326 e. The summed E-state index contributed by atoms with van der Waals surface area (Å²) in [4.78, 5) is 33.3. The maximum atomic E-state index is 11.9. The standard InChI is InChI=1S/C14H17NO6/c1-9(21-10-5-3-2-4-6-10)13(18)15-11(14(19)20)7-8-12(16)17/h2-6,9,11H,7-8H2,1H3,(H,15,18)(H,16,17)(H,19,20). The summed E-state index contributed by atoms with van der Waals surface area (Å²) in [7, 11) is 0. The van der Waals surface area contributed by atoms with Gasteiger partial charge in [-0.25, -0.2) is 4.79 Å². The minimum atomic E-state index is -1.28. The molecule has 0 aliphatic heterocycles. The Hall–Kier alpha value is -2.57. The molecule has 7 heteroatoms. The molecule has 1 amide bonds. The molecule has 114 valence electrons. The van der Waals surface area contributed by atoms with Gasteiger partial charge in [0.2, 0.25) is 0 Å². The number of carbonyl (C=O) groups is 3. The molecule has 0 saturated carbocycles. The normalized spacial score (nSPS) is 13.0. The van der Waals surface area contributed by atoms with E-state index in [2.05, 4.69) is 5.32 Å². The molecule has 2 unspecified atom stereocenters. The van der Waals surface area contributed by atoms with Crippen LogP contribution in [0, 0.1) is 0 Å². The molecule has 1 aromatic rings. The first kappa shape index (κ1) is 16.5. The molecule has 0 radical (unpaired) electrons. The topological polar surface area (TPSA) is 113 Å². The summed E-state index contributed by atoms with van der Waals surface area (Å²) in [5.41, 5.74) is 0.